The van der Waals surface area contributed by atoms with Crippen molar-refractivity contribution in [3.05, 3.63) is 158 Å². The molecule has 1 aliphatic heterocycles. The number of carbonyl (C=O) groups excluding carboxylic acids is 1. The van der Waals surface area contributed by atoms with E-state index in [0.717, 1.165) is 32.3 Å². The summed E-state index contributed by atoms with van der Waals surface area (Å²) >= 11 is 16.0. The summed E-state index contributed by atoms with van der Waals surface area (Å²) in [6, 6.07) is 38.7. The van der Waals surface area contributed by atoms with E-state index >= 15 is 0 Å². The number of hydrogen-bond donors (Lipinski definition) is 3. The summed E-state index contributed by atoms with van der Waals surface area (Å²) in [5.74, 6) is 0.637. The standard InChI is InChI=1S/C39H34BrCl2N3O4/c40-33-10-5-4-9-31(33)24-39(38(47)45-43-25-26-11-20-34(41)35(42)23-26)36(29-14-12-28(13-15-29)27-7-2-1-3-8-27)49-37(44-39)30-16-18-32(19-17-30)48-22-6-21-46/h1-5,7-20,23,36,43,46H,6,21-22,24-25H2,(H,45,47)/t36-,39-/m0/s1. The maximum Gasteiger partial charge on any atom is 0.266 e. The van der Waals surface area contributed by atoms with Gasteiger partial charge in [0.1, 0.15) is 5.75 Å². The van der Waals surface area contributed by atoms with Crippen LogP contribution in [0.25, 0.3) is 11.1 Å². The third-order valence-electron chi connectivity index (χ3n) is 8.25. The molecule has 1 amide bonds. The minimum atomic E-state index is -1.41. The molecule has 3 N–H and O–H groups in total. The molecule has 1 aliphatic rings. The number of nitrogens with one attached hydrogen (secondary N) is 2. The highest BCUT2D eigenvalue weighted by Gasteiger charge is 2.53. The van der Waals surface area contributed by atoms with Gasteiger partial charge in [-0.15, -0.1) is 0 Å². The van der Waals surface area contributed by atoms with Crippen LogP contribution in [-0.4, -0.2) is 35.7 Å². The van der Waals surface area contributed by atoms with Crippen molar-refractivity contribution in [2.24, 2.45) is 4.99 Å². The Labute approximate surface area is 304 Å². The summed E-state index contributed by atoms with van der Waals surface area (Å²) in [5.41, 5.74) is 9.96. The van der Waals surface area contributed by atoms with Crippen molar-refractivity contribution >= 4 is 50.9 Å². The van der Waals surface area contributed by atoms with Gasteiger partial charge in [-0.05, 0) is 70.3 Å². The highest BCUT2D eigenvalue weighted by Crippen LogP contribution is 2.43. The minimum absolute atomic E-state index is 0.0560. The Balaban J connectivity index is 1.38. The predicted molar refractivity (Wildman–Crippen MR) is 198 cm³/mol. The Hall–Kier alpha value is -4.18. The van der Waals surface area contributed by atoms with E-state index in [0.29, 0.717) is 46.8 Å². The minimum Gasteiger partial charge on any atom is -0.494 e. The van der Waals surface area contributed by atoms with Crippen molar-refractivity contribution in [1.29, 1.82) is 0 Å². The number of aliphatic imine (C=N–C) groups is 1. The molecule has 0 radical (unpaired) electrons. The van der Waals surface area contributed by atoms with Gasteiger partial charge in [-0.3, -0.25) is 10.2 Å². The first kappa shape index (κ1) is 34.7. The molecule has 2 atom stereocenters. The molecule has 7 nitrogen and oxygen atoms in total. The highest BCUT2D eigenvalue weighted by atomic mass is 79.9. The van der Waals surface area contributed by atoms with E-state index in [2.05, 4.69) is 38.9 Å². The Bertz CT molecular complexity index is 1920. The maximum absolute atomic E-state index is 14.6. The lowest BCUT2D eigenvalue weighted by Gasteiger charge is -2.31. The number of amides is 1. The molecule has 0 aromatic heterocycles. The Morgan fingerprint density at radius 2 is 1.55 bits per heavy atom. The molecular formula is C39H34BrCl2N3O4. The average Bonchev–Trinajstić information content (AvgIpc) is 3.52. The summed E-state index contributed by atoms with van der Waals surface area (Å²) in [5, 5.41) is 10.00. The average molecular weight is 760 g/mol. The largest absolute Gasteiger partial charge is 0.494 e. The van der Waals surface area contributed by atoms with Crippen LogP contribution < -0.4 is 15.6 Å². The third-order valence-corrected chi connectivity index (χ3v) is 9.76. The van der Waals surface area contributed by atoms with Crippen LogP contribution in [0, 0.1) is 0 Å². The first-order chi connectivity index (χ1) is 23.9. The van der Waals surface area contributed by atoms with Crippen LogP contribution in [-0.2, 0) is 22.5 Å². The molecule has 5 aromatic carbocycles. The van der Waals surface area contributed by atoms with Crippen molar-refractivity contribution < 1.29 is 19.4 Å². The lowest BCUT2D eigenvalue weighted by atomic mass is 9.82. The van der Waals surface area contributed by atoms with E-state index in [-0.39, 0.29) is 18.9 Å². The topological polar surface area (TPSA) is 92.2 Å². The van der Waals surface area contributed by atoms with Gasteiger partial charge < -0.3 is 14.6 Å². The molecule has 0 aliphatic carbocycles. The van der Waals surface area contributed by atoms with Gasteiger partial charge in [-0.1, -0.05) is 118 Å². The summed E-state index contributed by atoms with van der Waals surface area (Å²) in [6.45, 7) is 0.762. The van der Waals surface area contributed by atoms with Crippen molar-refractivity contribution in [1.82, 2.24) is 10.9 Å². The number of hydrogen-bond acceptors (Lipinski definition) is 6. The molecule has 0 saturated heterocycles. The molecule has 0 unspecified atom stereocenters. The van der Waals surface area contributed by atoms with Gasteiger partial charge in [0.15, 0.2) is 11.6 Å². The fourth-order valence-electron chi connectivity index (χ4n) is 5.68. The molecule has 5 aromatic rings. The van der Waals surface area contributed by atoms with Gasteiger partial charge in [-0.25, -0.2) is 10.4 Å². The number of halogens is 3. The quantitative estimate of drug-likeness (QED) is 0.0828. The zero-order chi connectivity index (χ0) is 34.2. The summed E-state index contributed by atoms with van der Waals surface area (Å²) in [7, 11) is 0. The maximum atomic E-state index is 14.6. The second kappa shape index (κ2) is 16.0. The zero-order valence-corrected chi connectivity index (χ0v) is 29.5. The highest BCUT2D eigenvalue weighted by molar-refractivity contribution is 9.10. The fraction of sp³-hybridized carbons (Fsp3) is 0.179. The van der Waals surface area contributed by atoms with Crippen LogP contribution in [0.15, 0.2) is 131 Å². The van der Waals surface area contributed by atoms with Gasteiger partial charge in [0.25, 0.3) is 5.91 Å². The molecule has 0 spiro atoms. The van der Waals surface area contributed by atoms with E-state index in [4.69, 9.17) is 42.8 Å². The predicted octanol–water partition coefficient (Wildman–Crippen LogP) is 8.50. The van der Waals surface area contributed by atoms with Gasteiger partial charge in [0.05, 0.1) is 16.7 Å². The number of nitrogens with zero attached hydrogens (tertiary/aromatic N) is 1. The van der Waals surface area contributed by atoms with Crippen LogP contribution in [0.4, 0.5) is 0 Å². The summed E-state index contributed by atoms with van der Waals surface area (Å²) in [4.78, 5) is 19.7. The van der Waals surface area contributed by atoms with E-state index < -0.39 is 11.6 Å². The van der Waals surface area contributed by atoms with Crippen molar-refractivity contribution in [2.45, 2.75) is 31.0 Å². The second-order valence-corrected chi connectivity index (χ2v) is 13.3. The number of aliphatic hydroxyl groups is 1. The van der Waals surface area contributed by atoms with E-state index in [1.165, 1.54) is 0 Å². The molecule has 1 heterocycles. The van der Waals surface area contributed by atoms with Gasteiger partial charge in [0.2, 0.25) is 5.90 Å². The Morgan fingerprint density at radius 1 is 0.857 bits per heavy atom. The van der Waals surface area contributed by atoms with Crippen LogP contribution in [0.1, 0.15) is 34.8 Å². The molecule has 49 heavy (non-hydrogen) atoms. The van der Waals surface area contributed by atoms with Gasteiger partial charge >= 0.3 is 0 Å². The lowest BCUT2D eigenvalue weighted by molar-refractivity contribution is -0.130. The smallest absolute Gasteiger partial charge is 0.266 e. The number of aliphatic hydroxyl groups excluding tert-OH is 1. The van der Waals surface area contributed by atoms with E-state index in [1.54, 1.807) is 12.1 Å². The summed E-state index contributed by atoms with van der Waals surface area (Å²) < 4.78 is 13.3. The fourth-order valence-corrected chi connectivity index (χ4v) is 6.43. The number of benzene rings is 5. The second-order valence-electron chi connectivity index (χ2n) is 11.6. The molecule has 0 fully saturated rings. The Kier molecular flexibility index (Phi) is 11.3. The van der Waals surface area contributed by atoms with Crippen molar-refractivity contribution in [2.75, 3.05) is 13.2 Å². The van der Waals surface area contributed by atoms with Crippen LogP contribution in [0.2, 0.25) is 10.0 Å². The molecular weight excluding hydrogens is 725 g/mol. The number of hydrazine groups is 1. The molecule has 0 saturated carbocycles. The number of carbonyl (C=O) groups is 1. The molecule has 10 heteroatoms. The van der Waals surface area contributed by atoms with Gasteiger partial charge in [0, 0.05) is 36.0 Å². The van der Waals surface area contributed by atoms with Crippen molar-refractivity contribution in [3.8, 4) is 16.9 Å². The normalized spacial score (nSPS) is 16.9. The summed E-state index contributed by atoms with van der Waals surface area (Å²) in [6.07, 6.45) is 0.00594. The monoisotopic (exact) mass is 757 g/mol. The van der Waals surface area contributed by atoms with Gasteiger partial charge in [-0.2, -0.15) is 0 Å². The van der Waals surface area contributed by atoms with Crippen molar-refractivity contribution in [3.63, 3.8) is 0 Å². The molecule has 250 valence electrons. The lowest BCUT2D eigenvalue weighted by Crippen LogP contribution is -2.53. The molecule has 0 bridgehead atoms. The Morgan fingerprint density at radius 3 is 2.27 bits per heavy atom. The number of ether oxygens (including phenoxy) is 2. The zero-order valence-electron chi connectivity index (χ0n) is 26.4. The van der Waals surface area contributed by atoms with Crippen LogP contribution in [0.3, 0.4) is 0 Å². The van der Waals surface area contributed by atoms with E-state index in [9.17, 15) is 4.79 Å². The van der Waals surface area contributed by atoms with E-state index in [1.807, 2.05) is 97.1 Å². The first-order valence-electron chi connectivity index (χ1n) is 15.8. The van der Waals surface area contributed by atoms with Crippen LogP contribution in [0.5, 0.6) is 5.75 Å². The van der Waals surface area contributed by atoms with Crippen LogP contribution >= 0.6 is 39.1 Å². The third kappa shape index (κ3) is 8.18. The number of rotatable bonds is 13. The first-order valence-corrected chi connectivity index (χ1v) is 17.4. The SMILES string of the molecule is O=C(NNCc1ccc(Cl)c(Cl)c1)[C@@]1(Cc2ccccc2Br)N=C(c2ccc(OCCCO)cc2)O[C@H]1c1ccc(-c2ccccc2)cc1. The molecule has 6 rings (SSSR count).